The zero-order valence-corrected chi connectivity index (χ0v) is 16.5. The molecule has 4 rings (SSSR count). The lowest BCUT2D eigenvalue weighted by atomic mass is 10.2. The highest BCUT2D eigenvalue weighted by molar-refractivity contribution is 8.01. The van der Waals surface area contributed by atoms with Crippen LogP contribution in [0.3, 0.4) is 0 Å². The zero-order chi connectivity index (χ0) is 18.8. The number of hydrogen-bond donors (Lipinski definition) is 1. The Bertz CT molecular complexity index is 1130. The molecule has 0 spiro atoms. The molecule has 0 radical (unpaired) electrons. The normalized spacial score (nSPS) is 10.9. The molecule has 27 heavy (non-hydrogen) atoms. The third-order valence-electron chi connectivity index (χ3n) is 3.45. The van der Waals surface area contributed by atoms with E-state index >= 15 is 0 Å². The summed E-state index contributed by atoms with van der Waals surface area (Å²) >= 11 is 14.6. The molecule has 4 aromatic rings. The van der Waals surface area contributed by atoms with Crippen molar-refractivity contribution in [2.75, 3.05) is 5.32 Å². The number of para-hydroxylation sites is 1. The Morgan fingerprint density at radius 3 is 2.67 bits per heavy atom. The van der Waals surface area contributed by atoms with Crippen molar-refractivity contribution in [3.8, 4) is 0 Å². The number of carbonyl (C=O) groups excluding carboxylic acids is 1. The zero-order valence-electron chi connectivity index (χ0n) is 13.4. The average Bonchev–Trinajstić information content (AvgIpc) is 3.14. The Morgan fingerprint density at radius 2 is 1.85 bits per heavy atom. The summed E-state index contributed by atoms with van der Waals surface area (Å²) in [7, 11) is 0. The van der Waals surface area contributed by atoms with Crippen molar-refractivity contribution in [2.45, 2.75) is 9.24 Å². The quantitative estimate of drug-likeness (QED) is 0.476. The van der Waals surface area contributed by atoms with Crippen LogP contribution in [0.15, 0.2) is 58.2 Å². The summed E-state index contributed by atoms with van der Waals surface area (Å²) < 4.78 is 0.548. The molecule has 0 saturated heterocycles. The van der Waals surface area contributed by atoms with Crippen LogP contribution in [-0.4, -0.2) is 26.1 Å². The van der Waals surface area contributed by atoms with E-state index in [1.54, 1.807) is 6.20 Å². The second-order valence-electron chi connectivity index (χ2n) is 5.28. The van der Waals surface area contributed by atoms with Gasteiger partial charge in [-0.05, 0) is 12.1 Å². The third-order valence-corrected chi connectivity index (χ3v) is 6.36. The fraction of sp³-hybridized carbons (Fsp3) is 0. The molecule has 3 heterocycles. The lowest BCUT2D eigenvalue weighted by molar-refractivity contribution is 0.102. The van der Waals surface area contributed by atoms with Crippen molar-refractivity contribution in [2.24, 2.45) is 0 Å². The van der Waals surface area contributed by atoms with Gasteiger partial charge in [0.2, 0.25) is 5.01 Å². The molecule has 0 aliphatic heterocycles. The van der Waals surface area contributed by atoms with Crippen molar-refractivity contribution in [3.63, 3.8) is 0 Å². The fourth-order valence-electron chi connectivity index (χ4n) is 2.25. The van der Waals surface area contributed by atoms with Gasteiger partial charge >= 0.3 is 0 Å². The SMILES string of the molecule is O=C(Nc1cnc2ccccc2c1)c1nnc(Sc2c(Cl)cncc2Cl)s1. The standard InChI is InChI=1S/C17H9Cl2N5OS2/c18-11-7-20-8-12(19)14(11)26-17-24-23-16(27-17)15(25)22-10-5-9-3-1-2-4-13(9)21-6-10/h1-8H,(H,22,25). The fourth-order valence-corrected chi connectivity index (χ4v) is 4.53. The second kappa shape index (κ2) is 7.77. The Labute approximate surface area is 172 Å². The van der Waals surface area contributed by atoms with Gasteiger partial charge < -0.3 is 5.32 Å². The molecular weight excluding hydrogens is 425 g/mol. The molecule has 6 nitrogen and oxygen atoms in total. The Balaban J connectivity index is 1.51. The van der Waals surface area contributed by atoms with Gasteiger partial charge in [0, 0.05) is 17.8 Å². The lowest BCUT2D eigenvalue weighted by Crippen LogP contribution is -2.11. The second-order valence-corrected chi connectivity index (χ2v) is 8.33. The highest BCUT2D eigenvalue weighted by Crippen LogP contribution is 2.38. The molecule has 0 aliphatic rings. The first kappa shape index (κ1) is 18.1. The molecule has 0 unspecified atom stereocenters. The van der Waals surface area contributed by atoms with Crippen LogP contribution in [-0.2, 0) is 0 Å². The van der Waals surface area contributed by atoms with E-state index in [9.17, 15) is 4.79 Å². The number of nitrogens with one attached hydrogen (secondary N) is 1. The summed E-state index contributed by atoms with van der Waals surface area (Å²) in [5, 5.41) is 12.7. The highest BCUT2D eigenvalue weighted by Gasteiger charge is 2.16. The number of hydrogen-bond acceptors (Lipinski definition) is 7. The van der Waals surface area contributed by atoms with E-state index in [-0.39, 0.29) is 10.9 Å². The van der Waals surface area contributed by atoms with E-state index in [0.29, 0.717) is 25.0 Å². The van der Waals surface area contributed by atoms with Crippen LogP contribution in [0.1, 0.15) is 9.80 Å². The van der Waals surface area contributed by atoms with Gasteiger partial charge in [0.1, 0.15) is 0 Å². The van der Waals surface area contributed by atoms with Gasteiger partial charge in [0.25, 0.3) is 5.91 Å². The van der Waals surface area contributed by atoms with E-state index in [1.165, 1.54) is 24.2 Å². The number of anilines is 1. The van der Waals surface area contributed by atoms with Gasteiger partial charge in [-0.1, -0.05) is 64.5 Å². The van der Waals surface area contributed by atoms with Crippen LogP contribution in [0.2, 0.25) is 10.0 Å². The van der Waals surface area contributed by atoms with Crippen LogP contribution in [0.4, 0.5) is 5.69 Å². The summed E-state index contributed by atoms with van der Waals surface area (Å²) in [4.78, 5) is 21.3. The average molecular weight is 434 g/mol. The van der Waals surface area contributed by atoms with Crippen molar-refractivity contribution in [1.82, 2.24) is 20.2 Å². The van der Waals surface area contributed by atoms with E-state index in [1.807, 2.05) is 30.3 Å². The predicted octanol–water partition coefficient (Wildman–Crippen LogP) is 5.19. The Hall–Kier alpha value is -2.26. The van der Waals surface area contributed by atoms with E-state index in [0.717, 1.165) is 22.2 Å². The molecule has 0 saturated carbocycles. The first-order valence-electron chi connectivity index (χ1n) is 7.56. The van der Waals surface area contributed by atoms with Crippen molar-refractivity contribution < 1.29 is 4.79 Å². The number of rotatable bonds is 4. The first-order chi connectivity index (χ1) is 13.1. The maximum atomic E-state index is 12.4. The maximum Gasteiger partial charge on any atom is 0.286 e. The summed E-state index contributed by atoms with van der Waals surface area (Å²) in [6.45, 7) is 0. The molecule has 1 amide bonds. The van der Waals surface area contributed by atoms with Gasteiger partial charge in [-0.15, -0.1) is 10.2 Å². The molecule has 1 N–H and O–H groups in total. The minimum Gasteiger partial charge on any atom is -0.318 e. The number of benzene rings is 1. The van der Waals surface area contributed by atoms with E-state index < -0.39 is 0 Å². The van der Waals surface area contributed by atoms with E-state index in [4.69, 9.17) is 23.2 Å². The largest absolute Gasteiger partial charge is 0.318 e. The highest BCUT2D eigenvalue weighted by atomic mass is 35.5. The molecule has 0 atom stereocenters. The minimum absolute atomic E-state index is 0.229. The summed E-state index contributed by atoms with van der Waals surface area (Å²) in [6, 6.07) is 9.52. The Kier molecular flexibility index (Phi) is 5.22. The van der Waals surface area contributed by atoms with Gasteiger partial charge in [-0.3, -0.25) is 14.8 Å². The number of aromatic nitrogens is 4. The van der Waals surface area contributed by atoms with Crippen LogP contribution in [0.25, 0.3) is 10.9 Å². The molecule has 0 aliphatic carbocycles. The van der Waals surface area contributed by atoms with Crippen molar-refractivity contribution in [1.29, 1.82) is 0 Å². The van der Waals surface area contributed by atoms with Gasteiger partial charge in [-0.25, -0.2) is 0 Å². The van der Waals surface area contributed by atoms with Crippen LogP contribution >= 0.6 is 46.3 Å². The number of fused-ring (bicyclic) bond motifs is 1. The van der Waals surface area contributed by atoms with E-state index in [2.05, 4.69) is 25.5 Å². The number of halogens is 2. The molecular formula is C17H9Cl2N5OS2. The summed E-state index contributed by atoms with van der Waals surface area (Å²) in [6.07, 6.45) is 4.60. The van der Waals surface area contributed by atoms with Crippen LogP contribution < -0.4 is 5.32 Å². The maximum absolute atomic E-state index is 12.4. The third kappa shape index (κ3) is 4.03. The predicted molar refractivity (Wildman–Crippen MR) is 108 cm³/mol. The molecule has 0 fully saturated rings. The topological polar surface area (TPSA) is 80.7 Å². The van der Waals surface area contributed by atoms with Crippen LogP contribution in [0, 0.1) is 0 Å². The van der Waals surface area contributed by atoms with Crippen LogP contribution in [0.5, 0.6) is 0 Å². The molecule has 134 valence electrons. The lowest BCUT2D eigenvalue weighted by Gasteiger charge is -2.04. The number of pyridine rings is 2. The Morgan fingerprint density at radius 1 is 1.07 bits per heavy atom. The number of amides is 1. The van der Waals surface area contributed by atoms with Gasteiger partial charge in [0.15, 0.2) is 4.34 Å². The monoisotopic (exact) mass is 433 g/mol. The molecule has 0 bridgehead atoms. The molecule has 10 heteroatoms. The van der Waals surface area contributed by atoms with Crippen molar-refractivity contribution in [3.05, 3.63) is 64.0 Å². The van der Waals surface area contributed by atoms with Gasteiger partial charge in [-0.2, -0.15) is 0 Å². The minimum atomic E-state index is -0.358. The number of nitrogens with zero attached hydrogens (tertiary/aromatic N) is 4. The molecule has 1 aromatic carbocycles. The summed E-state index contributed by atoms with van der Waals surface area (Å²) in [5.74, 6) is -0.358. The van der Waals surface area contributed by atoms with Crippen molar-refractivity contribution >= 4 is 68.8 Å². The number of carbonyl (C=O) groups is 1. The first-order valence-corrected chi connectivity index (χ1v) is 9.95. The smallest absolute Gasteiger partial charge is 0.286 e. The van der Waals surface area contributed by atoms with Gasteiger partial charge in [0.05, 0.1) is 32.3 Å². The summed E-state index contributed by atoms with van der Waals surface area (Å²) in [5.41, 5.74) is 1.44. The molecule has 3 aromatic heterocycles.